The lowest BCUT2D eigenvalue weighted by molar-refractivity contribution is -0.186. The molecule has 0 aromatic heterocycles. The summed E-state index contributed by atoms with van der Waals surface area (Å²) in [5, 5.41) is 0. The van der Waals surface area contributed by atoms with E-state index in [9.17, 15) is 26.7 Å². The number of halogens is 5. The first-order chi connectivity index (χ1) is 9.77. The highest BCUT2D eigenvalue weighted by Gasteiger charge is 2.41. The maximum Gasteiger partial charge on any atom is 0.393 e. The number of carbonyl (C=O) groups is 1. The van der Waals surface area contributed by atoms with E-state index in [1.807, 2.05) is 0 Å². The summed E-state index contributed by atoms with van der Waals surface area (Å²) in [7, 11) is 0. The van der Waals surface area contributed by atoms with Crippen molar-refractivity contribution < 1.29 is 26.7 Å². The molecule has 1 aliphatic heterocycles. The Labute approximate surface area is 118 Å². The Balaban J connectivity index is 2.02. The first-order valence-electron chi connectivity index (χ1n) is 6.54. The van der Waals surface area contributed by atoms with Gasteiger partial charge >= 0.3 is 6.18 Å². The minimum Gasteiger partial charge on any atom is -0.295 e. The molecule has 1 heterocycles. The summed E-state index contributed by atoms with van der Waals surface area (Å²) in [6, 6.07) is 2.55. The molecular weight excluding hydrogens is 293 g/mol. The van der Waals surface area contributed by atoms with E-state index in [1.54, 1.807) is 0 Å². The standard InChI is InChI=1S/C14H14F5NO/c15-10-3-4-11(12(16)6-10)13(21)8-20-5-1-2-9(7-20)14(17,18)19/h3-4,6,9H,1-2,5,7-8H2. The minimum atomic E-state index is -4.29. The largest absolute Gasteiger partial charge is 0.393 e. The number of likely N-dealkylation sites (tertiary alicyclic amines) is 1. The fourth-order valence-corrected chi connectivity index (χ4v) is 2.47. The number of Topliss-reactive ketones (excluding diaryl/α,β-unsaturated/α-hetero) is 1. The number of nitrogens with zero attached hydrogens (tertiary/aromatic N) is 1. The second kappa shape index (κ2) is 6.09. The summed E-state index contributed by atoms with van der Waals surface area (Å²) < 4.78 is 64.2. The molecule has 1 aromatic rings. The Kier molecular flexibility index (Phi) is 4.61. The SMILES string of the molecule is O=C(CN1CCCC(C(F)(F)F)C1)c1ccc(F)cc1F. The van der Waals surface area contributed by atoms with Gasteiger partial charge in [-0.2, -0.15) is 13.2 Å². The van der Waals surface area contributed by atoms with Gasteiger partial charge in [-0.25, -0.2) is 8.78 Å². The van der Waals surface area contributed by atoms with Crippen molar-refractivity contribution in [2.75, 3.05) is 19.6 Å². The lowest BCUT2D eigenvalue weighted by Gasteiger charge is -2.33. The number of benzene rings is 1. The van der Waals surface area contributed by atoms with Crippen LogP contribution in [0.15, 0.2) is 18.2 Å². The van der Waals surface area contributed by atoms with Gasteiger partial charge < -0.3 is 0 Å². The molecule has 0 aliphatic carbocycles. The first kappa shape index (κ1) is 15.9. The summed E-state index contributed by atoms with van der Waals surface area (Å²) >= 11 is 0. The van der Waals surface area contributed by atoms with Gasteiger partial charge in [-0.05, 0) is 31.5 Å². The van der Waals surface area contributed by atoms with Gasteiger partial charge in [0.15, 0.2) is 5.78 Å². The first-order valence-corrected chi connectivity index (χ1v) is 6.54. The van der Waals surface area contributed by atoms with Crippen molar-refractivity contribution in [2.24, 2.45) is 5.92 Å². The van der Waals surface area contributed by atoms with Crippen molar-refractivity contribution >= 4 is 5.78 Å². The zero-order chi connectivity index (χ0) is 15.6. The van der Waals surface area contributed by atoms with E-state index in [2.05, 4.69) is 0 Å². The van der Waals surface area contributed by atoms with Crippen LogP contribution in [0.4, 0.5) is 22.0 Å². The fourth-order valence-electron chi connectivity index (χ4n) is 2.47. The van der Waals surface area contributed by atoms with Crippen molar-refractivity contribution in [1.82, 2.24) is 4.90 Å². The maximum atomic E-state index is 13.5. The van der Waals surface area contributed by atoms with Gasteiger partial charge in [0.2, 0.25) is 0 Å². The van der Waals surface area contributed by atoms with Gasteiger partial charge in [0.1, 0.15) is 11.6 Å². The molecule has 1 saturated heterocycles. The molecule has 7 heteroatoms. The third-order valence-corrected chi connectivity index (χ3v) is 3.57. The molecule has 0 saturated carbocycles. The van der Waals surface area contributed by atoms with Crippen LogP contribution in [0, 0.1) is 17.6 Å². The number of carbonyl (C=O) groups excluding carboxylic acids is 1. The highest BCUT2D eigenvalue weighted by Crippen LogP contribution is 2.33. The molecular formula is C14H14F5NO. The van der Waals surface area contributed by atoms with Crippen LogP contribution < -0.4 is 0 Å². The Bertz CT molecular complexity index is 529. The number of hydrogen-bond acceptors (Lipinski definition) is 2. The Morgan fingerprint density at radius 2 is 2.00 bits per heavy atom. The third kappa shape index (κ3) is 4.00. The molecule has 2 nitrogen and oxygen atoms in total. The lowest BCUT2D eigenvalue weighted by atomic mass is 9.97. The second-order valence-electron chi connectivity index (χ2n) is 5.16. The summed E-state index contributed by atoms with van der Waals surface area (Å²) in [5.74, 6) is -3.91. The van der Waals surface area contributed by atoms with Crippen molar-refractivity contribution in [3.63, 3.8) is 0 Å². The highest BCUT2D eigenvalue weighted by molar-refractivity contribution is 5.97. The Morgan fingerprint density at radius 3 is 2.62 bits per heavy atom. The lowest BCUT2D eigenvalue weighted by Crippen LogP contribution is -2.43. The van der Waals surface area contributed by atoms with Crippen molar-refractivity contribution in [3.05, 3.63) is 35.4 Å². The van der Waals surface area contributed by atoms with E-state index in [4.69, 9.17) is 0 Å². The summed E-state index contributed by atoms with van der Waals surface area (Å²) in [4.78, 5) is 13.3. The zero-order valence-electron chi connectivity index (χ0n) is 11.1. The molecule has 0 radical (unpaired) electrons. The van der Waals surface area contributed by atoms with Gasteiger partial charge in [0.25, 0.3) is 0 Å². The van der Waals surface area contributed by atoms with Crippen molar-refractivity contribution in [2.45, 2.75) is 19.0 Å². The van der Waals surface area contributed by atoms with Gasteiger partial charge in [0.05, 0.1) is 18.0 Å². The summed E-state index contributed by atoms with van der Waals surface area (Å²) in [6.07, 6.45) is -3.91. The van der Waals surface area contributed by atoms with Gasteiger partial charge in [0, 0.05) is 12.6 Å². The minimum absolute atomic E-state index is 0.0408. The van der Waals surface area contributed by atoms with Crippen LogP contribution in [0.25, 0.3) is 0 Å². The maximum absolute atomic E-state index is 13.5. The quantitative estimate of drug-likeness (QED) is 0.630. The van der Waals surface area contributed by atoms with Gasteiger partial charge in [-0.1, -0.05) is 0 Å². The molecule has 1 aromatic carbocycles. The van der Waals surface area contributed by atoms with Crippen LogP contribution in [-0.4, -0.2) is 36.5 Å². The van der Waals surface area contributed by atoms with E-state index in [-0.39, 0.29) is 25.1 Å². The van der Waals surface area contributed by atoms with Crippen LogP contribution in [0.1, 0.15) is 23.2 Å². The number of rotatable bonds is 3. The molecule has 0 amide bonds. The number of ketones is 1. The normalized spacial score (nSPS) is 20.5. The molecule has 1 unspecified atom stereocenters. The molecule has 1 aliphatic rings. The fraction of sp³-hybridized carbons (Fsp3) is 0.500. The van der Waals surface area contributed by atoms with E-state index in [0.29, 0.717) is 19.0 Å². The molecule has 0 N–H and O–H groups in total. The average Bonchev–Trinajstić information content (AvgIpc) is 2.37. The van der Waals surface area contributed by atoms with Crippen LogP contribution in [0.2, 0.25) is 0 Å². The van der Waals surface area contributed by atoms with Gasteiger partial charge in [-0.15, -0.1) is 0 Å². The molecule has 21 heavy (non-hydrogen) atoms. The molecule has 0 bridgehead atoms. The Morgan fingerprint density at radius 1 is 1.29 bits per heavy atom. The Hall–Kier alpha value is -1.50. The monoisotopic (exact) mass is 307 g/mol. The van der Waals surface area contributed by atoms with Crippen LogP contribution in [0.3, 0.4) is 0 Å². The smallest absolute Gasteiger partial charge is 0.295 e. The van der Waals surface area contributed by atoms with Crippen LogP contribution in [-0.2, 0) is 0 Å². The predicted octanol–water partition coefficient (Wildman–Crippen LogP) is 3.42. The average molecular weight is 307 g/mol. The van der Waals surface area contributed by atoms with E-state index < -0.39 is 29.5 Å². The molecule has 116 valence electrons. The van der Waals surface area contributed by atoms with E-state index in [1.165, 1.54) is 4.90 Å². The number of hydrogen-bond donors (Lipinski definition) is 0. The summed E-state index contributed by atoms with van der Waals surface area (Å²) in [6.45, 7) is -0.200. The van der Waals surface area contributed by atoms with Crippen LogP contribution in [0.5, 0.6) is 0 Å². The van der Waals surface area contributed by atoms with Crippen LogP contribution >= 0.6 is 0 Å². The molecule has 1 fully saturated rings. The molecule has 2 rings (SSSR count). The van der Waals surface area contributed by atoms with E-state index >= 15 is 0 Å². The van der Waals surface area contributed by atoms with Crippen molar-refractivity contribution in [3.8, 4) is 0 Å². The molecule has 0 spiro atoms. The van der Waals surface area contributed by atoms with Crippen molar-refractivity contribution in [1.29, 1.82) is 0 Å². The highest BCUT2D eigenvalue weighted by atomic mass is 19.4. The zero-order valence-corrected chi connectivity index (χ0v) is 11.1. The second-order valence-corrected chi connectivity index (χ2v) is 5.16. The topological polar surface area (TPSA) is 20.3 Å². The number of piperidine rings is 1. The van der Waals surface area contributed by atoms with Gasteiger partial charge in [-0.3, -0.25) is 9.69 Å². The predicted molar refractivity (Wildman–Crippen MR) is 65.9 cm³/mol. The number of alkyl halides is 3. The molecule has 1 atom stereocenters. The summed E-state index contributed by atoms with van der Waals surface area (Å²) in [5.41, 5.74) is -0.300. The van der Waals surface area contributed by atoms with E-state index in [0.717, 1.165) is 12.1 Å². The third-order valence-electron chi connectivity index (χ3n) is 3.57.